The standard InChI is InChI=1S/C8H18N2O2S/c1-4-13(11,12)10-6-5-9(3)8(2)7-10/h8H,4-7H2,1-3H3. The number of sulfonamides is 1. The molecule has 1 unspecified atom stereocenters. The Kier molecular flexibility index (Phi) is 3.32. The molecule has 1 aliphatic rings. The summed E-state index contributed by atoms with van der Waals surface area (Å²) in [6, 6.07) is 0.329. The molecule has 0 saturated carbocycles. The van der Waals surface area contributed by atoms with Crippen LogP contribution in [0.5, 0.6) is 0 Å². The molecule has 0 bridgehead atoms. The molecule has 0 N–H and O–H groups in total. The van der Waals surface area contributed by atoms with Gasteiger partial charge in [-0.2, -0.15) is 4.31 Å². The summed E-state index contributed by atoms with van der Waals surface area (Å²) in [7, 11) is -0.943. The Labute approximate surface area is 80.6 Å². The normalized spacial score (nSPS) is 27.8. The molecule has 1 atom stereocenters. The second-order valence-electron chi connectivity index (χ2n) is 3.59. The largest absolute Gasteiger partial charge is 0.301 e. The van der Waals surface area contributed by atoms with Crippen molar-refractivity contribution in [3.05, 3.63) is 0 Å². The second kappa shape index (κ2) is 3.94. The highest BCUT2D eigenvalue weighted by Gasteiger charge is 2.27. The zero-order valence-electron chi connectivity index (χ0n) is 8.52. The molecular formula is C8H18N2O2S. The lowest BCUT2D eigenvalue weighted by molar-refractivity contribution is 0.160. The molecule has 1 rings (SSSR count). The van der Waals surface area contributed by atoms with E-state index >= 15 is 0 Å². The SMILES string of the molecule is CCS(=O)(=O)N1CCN(C)C(C)C1. The van der Waals surface area contributed by atoms with Crippen molar-refractivity contribution < 1.29 is 8.42 Å². The van der Waals surface area contributed by atoms with Crippen molar-refractivity contribution in [3.63, 3.8) is 0 Å². The summed E-state index contributed by atoms with van der Waals surface area (Å²) in [5.41, 5.74) is 0. The van der Waals surface area contributed by atoms with E-state index in [4.69, 9.17) is 0 Å². The number of hydrogen-bond donors (Lipinski definition) is 0. The Morgan fingerprint density at radius 3 is 2.46 bits per heavy atom. The Morgan fingerprint density at radius 2 is 2.00 bits per heavy atom. The molecule has 0 amide bonds. The van der Waals surface area contributed by atoms with E-state index in [-0.39, 0.29) is 5.75 Å². The van der Waals surface area contributed by atoms with E-state index in [1.165, 1.54) is 0 Å². The topological polar surface area (TPSA) is 40.6 Å². The van der Waals surface area contributed by atoms with Crippen LogP contribution >= 0.6 is 0 Å². The smallest absolute Gasteiger partial charge is 0.213 e. The van der Waals surface area contributed by atoms with Gasteiger partial charge in [-0.15, -0.1) is 0 Å². The van der Waals surface area contributed by atoms with Crippen molar-refractivity contribution in [3.8, 4) is 0 Å². The number of nitrogens with zero attached hydrogens (tertiary/aromatic N) is 2. The number of rotatable bonds is 2. The van der Waals surface area contributed by atoms with Crippen molar-refractivity contribution in [2.75, 3.05) is 32.4 Å². The fourth-order valence-corrected chi connectivity index (χ4v) is 2.62. The van der Waals surface area contributed by atoms with Gasteiger partial charge in [0.1, 0.15) is 0 Å². The highest BCUT2D eigenvalue weighted by Crippen LogP contribution is 2.11. The lowest BCUT2D eigenvalue weighted by Crippen LogP contribution is -2.52. The molecule has 13 heavy (non-hydrogen) atoms. The first kappa shape index (κ1) is 10.9. The lowest BCUT2D eigenvalue weighted by Gasteiger charge is -2.36. The molecule has 1 heterocycles. The summed E-state index contributed by atoms with van der Waals surface area (Å²) < 4.78 is 24.6. The third-order valence-corrected chi connectivity index (χ3v) is 4.53. The fraction of sp³-hybridized carbons (Fsp3) is 1.00. The average Bonchev–Trinajstić information content (AvgIpc) is 2.09. The van der Waals surface area contributed by atoms with Gasteiger partial charge in [0.15, 0.2) is 0 Å². The Bertz CT molecular complexity index is 263. The molecule has 5 heteroatoms. The van der Waals surface area contributed by atoms with Gasteiger partial charge in [0.05, 0.1) is 5.75 Å². The van der Waals surface area contributed by atoms with Crippen LogP contribution in [0.4, 0.5) is 0 Å². The summed E-state index contributed by atoms with van der Waals surface area (Å²) in [6.07, 6.45) is 0. The maximum absolute atomic E-state index is 11.5. The molecule has 1 fully saturated rings. The average molecular weight is 206 g/mol. The van der Waals surface area contributed by atoms with Gasteiger partial charge in [-0.3, -0.25) is 0 Å². The predicted molar refractivity (Wildman–Crippen MR) is 53.1 cm³/mol. The Balaban J connectivity index is 2.66. The van der Waals surface area contributed by atoms with Crippen LogP contribution in [0.1, 0.15) is 13.8 Å². The van der Waals surface area contributed by atoms with Crippen LogP contribution < -0.4 is 0 Å². The maximum atomic E-state index is 11.5. The highest BCUT2D eigenvalue weighted by atomic mass is 32.2. The molecule has 0 aromatic carbocycles. The maximum Gasteiger partial charge on any atom is 0.213 e. The summed E-state index contributed by atoms with van der Waals surface area (Å²) in [5, 5.41) is 0. The molecule has 0 aromatic rings. The van der Waals surface area contributed by atoms with E-state index in [0.717, 1.165) is 6.54 Å². The van der Waals surface area contributed by atoms with Gasteiger partial charge in [-0.05, 0) is 20.9 Å². The Morgan fingerprint density at radius 1 is 1.38 bits per heavy atom. The molecule has 0 radical (unpaired) electrons. The predicted octanol–water partition coefficient (Wildman–Crippen LogP) is -0.0280. The number of likely N-dealkylation sites (N-methyl/N-ethyl adjacent to an activating group) is 1. The van der Waals surface area contributed by atoms with E-state index in [0.29, 0.717) is 19.1 Å². The van der Waals surface area contributed by atoms with Crippen LogP contribution in [0, 0.1) is 0 Å². The van der Waals surface area contributed by atoms with Crippen molar-refractivity contribution >= 4 is 10.0 Å². The molecule has 78 valence electrons. The van der Waals surface area contributed by atoms with Gasteiger partial charge >= 0.3 is 0 Å². The third-order valence-electron chi connectivity index (χ3n) is 2.68. The van der Waals surface area contributed by atoms with Gasteiger partial charge < -0.3 is 4.90 Å². The minimum Gasteiger partial charge on any atom is -0.301 e. The monoisotopic (exact) mass is 206 g/mol. The lowest BCUT2D eigenvalue weighted by atomic mass is 10.2. The van der Waals surface area contributed by atoms with Gasteiger partial charge in [-0.1, -0.05) is 0 Å². The first-order valence-electron chi connectivity index (χ1n) is 4.65. The summed E-state index contributed by atoms with van der Waals surface area (Å²) in [5.74, 6) is 0.212. The summed E-state index contributed by atoms with van der Waals surface area (Å²) >= 11 is 0. The molecule has 4 nitrogen and oxygen atoms in total. The van der Waals surface area contributed by atoms with Gasteiger partial charge in [-0.25, -0.2) is 8.42 Å². The quantitative estimate of drug-likeness (QED) is 0.637. The van der Waals surface area contributed by atoms with E-state index < -0.39 is 10.0 Å². The van der Waals surface area contributed by atoms with Crippen molar-refractivity contribution in [1.29, 1.82) is 0 Å². The zero-order valence-corrected chi connectivity index (χ0v) is 9.34. The molecular weight excluding hydrogens is 188 g/mol. The molecule has 0 aromatic heterocycles. The minimum absolute atomic E-state index is 0.212. The van der Waals surface area contributed by atoms with E-state index in [9.17, 15) is 8.42 Å². The highest BCUT2D eigenvalue weighted by molar-refractivity contribution is 7.89. The van der Waals surface area contributed by atoms with E-state index in [2.05, 4.69) is 11.8 Å². The van der Waals surface area contributed by atoms with Gasteiger partial charge in [0.2, 0.25) is 10.0 Å². The molecule has 0 spiro atoms. The van der Waals surface area contributed by atoms with E-state index in [1.54, 1.807) is 11.2 Å². The molecule has 1 aliphatic heterocycles. The van der Waals surface area contributed by atoms with Crippen molar-refractivity contribution in [2.45, 2.75) is 19.9 Å². The van der Waals surface area contributed by atoms with Crippen LogP contribution in [-0.2, 0) is 10.0 Å². The first-order valence-corrected chi connectivity index (χ1v) is 6.26. The molecule has 1 saturated heterocycles. The summed E-state index contributed by atoms with van der Waals surface area (Å²) in [6.45, 7) is 5.85. The van der Waals surface area contributed by atoms with Crippen molar-refractivity contribution in [1.82, 2.24) is 9.21 Å². The van der Waals surface area contributed by atoms with Crippen molar-refractivity contribution in [2.24, 2.45) is 0 Å². The second-order valence-corrected chi connectivity index (χ2v) is 5.85. The van der Waals surface area contributed by atoms with Crippen LogP contribution in [0.15, 0.2) is 0 Å². The van der Waals surface area contributed by atoms with Crippen LogP contribution in [0.2, 0.25) is 0 Å². The molecule has 0 aliphatic carbocycles. The zero-order chi connectivity index (χ0) is 10.1. The summed E-state index contributed by atoms with van der Waals surface area (Å²) in [4.78, 5) is 2.18. The van der Waals surface area contributed by atoms with E-state index in [1.807, 2.05) is 7.05 Å². The number of piperazine rings is 1. The first-order chi connectivity index (χ1) is 5.97. The Hall–Kier alpha value is -0.130. The van der Waals surface area contributed by atoms with Gasteiger partial charge in [0.25, 0.3) is 0 Å². The van der Waals surface area contributed by atoms with Crippen LogP contribution in [-0.4, -0.2) is 56.1 Å². The minimum atomic E-state index is -2.97. The van der Waals surface area contributed by atoms with Crippen LogP contribution in [0.3, 0.4) is 0 Å². The third kappa shape index (κ3) is 2.42. The fourth-order valence-electron chi connectivity index (χ4n) is 1.45. The number of hydrogen-bond acceptors (Lipinski definition) is 3. The van der Waals surface area contributed by atoms with Crippen LogP contribution in [0.25, 0.3) is 0 Å². The van der Waals surface area contributed by atoms with Gasteiger partial charge in [0, 0.05) is 25.7 Å².